The van der Waals surface area contributed by atoms with E-state index in [1.54, 1.807) is 0 Å². The van der Waals surface area contributed by atoms with Gasteiger partial charge in [-0.15, -0.1) is 0 Å². The summed E-state index contributed by atoms with van der Waals surface area (Å²) in [6.07, 6.45) is 61.2. The highest BCUT2D eigenvalue weighted by Gasteiger charge is 2.19. The number of hydrogen-bond donors (Lipinski definition) is 0. The van der Waals surface area contributed by atoms with Gasteiger partial charge in [0, 0.05) is 19.3 Å². The SMILES string of the molecule is CCCCC/C=C\C/C=C\C/C=C\CCCCCCCCC(=O)OCC(COC(=O)CCCCCCCCCCCCCCC)OC(=O)CCCCCCCCCCCCCCC. The van der Waals surface area contributed by atoms with Gasteiger partial charge >= 0.3 is 17.9 Å². The van der Waals surface area contributed by atoms with Crippen molar-refractivity contribution in [1.82, 2.24) is 0 Å². The van der Waals surface area contributed by atoms with Gasteiger partial charge in [0.15, 0.2) is 6.10 Å². The molecule has 0 bridgehead atoms. The van der Waals surface area contributed by atoms with Crippen LogP contribution in [0.3, 0.4) is 0 Å². The monoisotopic (exact) mass is 885 g/mol. The van der Waals surface area contributed by atoms with E-state index >= 15 is 0 Å². The lowest BCUT2D eigenvalue weighted by molar-refractivity contribution is -0.167. The Morgan fingerprint density at radius 1 is 0.317 bits per heavy atom. The Balaban J connectivity index is 4.34. The molecule has 0 aromatic rings. The van der Waals surface area contributed by atoms with Crippen molar-refractivity contribution in [1.29, 1.82) is 0 Å². The van der Waals surface area contributed by atoms with Crippen molar-refractivity contribution in [3.8, 4) is 0 Å². The summed E-state index contributed by atoms with van der Waals surface area (Å²) in [5.41, 5.74) is 0. The second-order valence-corrected chi connectivity index (χ2v) is 18.5. The van der Waals surface area contributed by atoms with Crippen molar-refractivity contribution >= 4 is 17.9 Å². The Morgan fingerprint density at radius 2 is 0.571 bits per heavy atom. The number of ether oxygens (including phenoxy) is 3. The van der Waals surface area contributed by atoms with Gasteiger partial charge in [-0.1, -0.05) is 250 Å². The Hall–Kier alpha value is -2.37. The fraction of sp³-hybridized carbons (Fsp3) is 0.842. The maximum atomic E-state index is 12.8. The molecular formula is C57H104O6. The highest BCUT2D eigenvalue weighted by Crippen LogP contribution is 2.16. The van der Waals surface area contributed by atoms with Crippen LogP contribution in [0.5, 0.6) is 0 Å². The van der Waals surface area contributed by atoms with Crippen LogP contribution in [0.15, 0.2) is 36.5 Å². The molecule has 6 heteroatoms. The first kappa shape index (κ1) is 60.6. The third-order valence-electron chi connectivity index (χ3n) is 12.1. The Bertz CT molecular complexity index is 1060. The van der Waals surface area contributed by atoms with Crippen molar-refractivity contribution in [2.75, 3.05) is 13.2 Å². The van der Waals surface area contributed by atoms with Crippen molar-refractivity contribution in [2.45, 2.75) is 297 Å². The number of allylic oxidation sites excluding steroid dienone is 6. The van der Waals surface area contributed by atoms with Crippen molar-refractivity contribution < 1.29 is 28.6 Å². The minimum absolute atomic E-state index is 0.0718. The normalized spacial score (nSPS) is 12.2. The van der Waals surface area contributed by atoms with Crippen LogP contribution in [0, 0.1) is 0 Å². The van der Waals surface area contributed by atoms with Crippen molar-refractivity contribution in [3.05, 3.63) is 36.5 Å². The molecule has 0 radical (unpaired) electrons. The Morgan fingerprint density at radius 3 is 0.921 bits per heavy atom. The first-order valence-corrected chi connectivity index (χ1v) is 27.5. The fourth-order valence-corrected chi connectivity index (χ4v) is 7.98. The quantitative estimate of drug-likeness (QED) is 0.0262. The van der Waals surface area contributed by atoms with Gasteiger partial charge in [-0.05, 0) is 57.8 Å². The molecule has 0 rings (SSSR count). The van der Waals surface area contributed by atoms with E-state index in [1.807, 2.05) is 0 Å². The van der Waals surface area contributed by atoms with Gasteiger partial charge in [0.2, 0.25) is 0 Å². The number of hydrogen-bond acceptors (Lipinski definition) is 6. The van der Waals surface area contributed by atoms with E-state index in [2.05, 4.69) is 57.2 Å². The van der Waals surface area contributed by atoms with Gasteiger partial charge in [0.25, 0.3) is 0 Å². The summed E-state index contributed by atoms with van der Waals surface area (Å²) in [6, 6.07) is 0. The van der Waals surface area contributed by atoms with Crippen LogP contribution in [-0.4, -0.2) is 37.2 Å². The van der Waals surface area contributed by atoms with Gasteiger partial charge in [-0.2, -0.15) is 0 Å². The third kappa shape index (κ3) is 50.5. The van der Waals surface area contributed by atoms with Crippen LogP contribution >= 0.6 is 0 Å². The second kappa shape index (κ2) is 52.3. The molecule has 1 atom stereocenters. The van der Waals surface area contributed by atoms with E-state index in [0.717, 1.165) is 77.0 Å². The van der Waals surface area contributed by atoms with Crippen LogP contribution in [0.25, 0.3) is 0 Å². The van der Waals surface area contributed by atoms with Crippen LogP contribution < -0.4 is 0 Å². The van der Waals surface area contributed by atoms with Crippen molar-refractivity contribution in [2.24, 2.45) is 0 Å². The first-order chi connectivity index (χ1) is 31.0. The molecular weight excluding hydrogens is 781 g/mol. The highest BCUT2D eigenvalue weighted by atomic mass is 16.6. The lowest BCUT2D eigenvalue weighted by atomic mass is 10.0. The molecule has 6 nitrogen and oxygen atoms in total. The molecule has 63 heavy (non-hydrogen) atoms. The topological polar surface area (TPSA) is 78.9 Å². The molecule has 0 saturated heterocycles. The van der Waals surface area contributed by atoms with Gasteiger partial charge in [0.05, 0.1) is 0 Å². The van der Waals surface area contributed by atoms with Crippen LogP contribution in [-0.2, 0) is 28.6 Å². The summed E-state index contributed by atoms with van der Waals surface area (Å²) in [5, 5.41) is 0. The molecule has 368 valence electrons. The van der Waals surface area contributed by atoms with Gasteiger partial charge in [-0.3, -0.25) is 14.4 Å². The van der Waals surface area contributed by atoms with Crippen LogP contribution in [0.4, 0.5) is 0 Å². The van der Waals surface area contributed by atoms with E-state index in [-0.39, 0.29) is 31.1 Å². The number of carbonyl (C=O) groups is 3. The third-order valence-corrected chi connectivity index (χ3v) is 12.1. The predicted molar refractivity (Wildman–Crippen MR) is 270 cm³/mol. The first-order valence-electron chi connectivity index (χ1n) is 27.5. The maximum absolute atomic E-state index is 12.8. The minimum atomic E-state index is -0.772. The molecule has 0 saturated carbocycles. The van der Waals surface area contributed by atoms with Gasteiger partial charge in [-0.25, -0.2) is 0 Å². The molecule has 1 unspecified atom stereocenters. The summed E-state index contributed by atoms with van der Waals surface area (Å²) >= 11 is 0. The zero-order valence-electron chi connectivity index (χ0n) is 42.1. The summed E-state index contributed by atoms with van der Waals surface area (Å²) in [6.45, 7) is 6.63. The molecule has 0 aliphatic carbocycles. The lowest BCUT2D eigenvalue weighted by Crippen LogP contribution is -2.30. The zero-order valence-corrected chi connectivity index (χ0v) is 42.1. The molecule has 0 aliphatic rings. The molecule has 0 heterocycles. The summed E-state index contributed by atoms with van der Waals surface area (Å²) < 4.78 is 16.8. The predicted octanol–water partition coefficient (Wildman–Crippen LogP) is 18.1. The van der Waals surface area contributed by atoms with E-state index in [1.165, 1.54) is 173 Å². The number of unbranched alkanes of at least 4 members (excludes halogenated alkanes) is 33. The van der Waals surface area contributed by atoms with E-state index < -0.39 is 6.10 Å². The Kier molecular flexibility index (Phi) is 50.3. The van der Waals surface area contributed by atoms with Crippen LogP contribution in [0.2, 0.25) is 0 Å². The molecule has 0 spiro atoms. The molecule has 0 aliphatic heterocycles. The lowest BCUT2D eigenvalue weighted by Gasteiger charge is -2.18. The number of carbonyl (C=O) groups excluding carboxylic acids is 3. The molecule has 0 fully saturated rings. The smallest absolute Gasteiger partial charge is 0.306 e. The summed E-state index contributed by atoms with van der Waals surface area (Å²) in [4.78, 5) is 38.0. The minimum Gasteiger partial charge on any atom is -0.462 e. The number of esters is 3. The second-order valence-electron chi connectivity index (χ2n) is 18.5. The average Bonchev–Trinajstić information content (AvgIpc) is 3.28. The molecule has 0 aromatic carbocycles. The van der Waals surface area contributed by atoms with E-state index in [9.17, 15) is 14.4 Å². The summed E-state index contributed by atoms with van der Waals surface area (Å²) in [7, 11) is 0. The average molecular weight is 885 g/mol. The standard InChI is InChI=1S/C57H104O6/c1-4-7-10-13-16-19-22-25-26-27-28-29-30-33-35-38-41-44-47-50-56(59)62-53-54(63-57(60)51-48-45-42-39-36-32-24-21-18-15-12-9-6-3)52-61-55(58)49-46-43-40-37-34-31-23-20-17-14-11-8-5-2/h16,19,25-26,28-29,54H,4-15,17-18,20-24,27,30-53H2,1-3H3/b19-16-,26-25-,29-28-. The van der Waals surface area contributed by atoms with Gasteiger partial charge < -0.3 is 14.2 Å². The largest absolute Gasteiger partial charge is 0.462 e. The molecule has 0 amide bonds. The Labute approximate surface area is 391 Å². The van der Waals surface area contributed by atoms with Crippen LogP contribution in [0.1, 0.15) is 290 Å². The van der Waals surface area contributed by atoms with E-state index in [0.29, 0.717) is 19.3 Å². The fourth-order valence-electron chi connectivity index (χ4n) is 7.98. The molecule has 0 N–H and O–H groups in total. The maximum Gasteiger partial charge on any atom is 0.306 e. The highest BCUT2D eigenvalue weighted by molar-refractivity contribution is 5.71. The zero-order chi connectivity index (χ0) is 45.8. The number of rotatable bonds is 50. The van der Waals surface area contributed by atoms with E-state index in [4.69, 9.17) is 14.2 Å². The molecule has 0 aromatic heterocycles. The van der Waals surface area contributed by atoms with Gasteiger partial charge in [0.1, 0.15) is 13.2 Å². The van der Waals surface area contributed by atoms with Crippen molar-refractivity contribution in [3.63, 3.8) is 0 Å². The summed E-state index contributed by atoms with van der Waals surface area (Å²) in [5.74, 6) is -0.870.